The molecule has 62 heavy (non-hydrogen) atoms. The molecule has 0 aromatic rings. The second-order valence-corrected chi connectivity index (χ2v) is 18.6. The largest absolute Gasteiger partial charge is 0.472 e. The summed E-state index contributed by atoms with van der Waals surface area (Å²) < 4.78 is 32.8. The minimum Gasteiger partial charge on any atom is -0.462 e. The number of aliphatic hydroxyl groups excluding tert-OH is 2. The normalized spacial score (nSPS) is 14.0. The molecule has 10 nitrogen and oxygen atoms in total. The van der Waals surface area contributed by atoms with E-state index in [0.717, 1.165) is 57.8 Å². The Balaban J connectivity index is 4.18. The first-order chi connectivity index (χ1) is 30.2. The summed E-state index contributed by atoms with van der Waals surface area (Å²) in [5.74, 6) is -0.929. The lowest BCUT2D eigenvalue weighted by molar-refractivity contribution is -0.161. The first-order valence-electron chi connectivity index (χ1n) is 25.4. The Hall–Kier alpha value is -1.81. The molecule has 0 heterocycles. The Morgan fingerprint density at radius 3 is 1.26 bits per heavy atom. The summed E-state index contributed by atoms with van der Waals surface area (Å²) in [5, 5.41) is 18.4. The molecule has 0 fully saturated rings. The van der Waals surface area contributed by atoms with E-state index in [2.05, 4.69) is 50.3 Å². The molecule has 0 spiro atoms. The van der Waals surface area contributed by atoms with Crippen LogP contribution < -0.4 is 0 Å². The number of allylic oxidation sites excluding steroid dienone is 6. The Morgan fingerprint density at radius 1 is 0.484 bits per heavy atom. The van der Waals surface area contributed by atoms with Gasteiger partial charge in [-0.05, 0) is 70.6 Å². The number of ether oxygens (including phenoxy) is 2. The molecule has 0 radical (unpaired) electrons. The molecule has 0 bridgehead atoms. The van der Waals surface area contributed by atoms with Crippen LogP contribution in [0.5, 0.6) is 0 Å². The van der Waals surface area contributed by atoms with Gasteiger partial charge in [0.05, 0.1) is 19.8 Å². The number of phosphoric acid groups is 1. The molecule has 0 aromatic carbocycles. The number of aliphatic hydroxyl groups is 2. The van der Waals surface area contributed by atoms with Crippen molar-refractivity contribution < 1.29 is 47.8 Å². The van der Waals surface area contributed by atoms with Crippen molar-refractivity contribution in [2.24, 2.45) is 0 Å². The van der Waals surface area contributed by atoms with E-state index in [1.54, 1.807) is 0 Å². The van der Waals surface area contributed by atoms with Crippen molar-refractivity contribution in [1.29, 1.82) is 0 Å². The SMILES string of the molecule is CCCCCCC/C=C\C/C=C\CCCCCCCCCCCCCC(=O)OC(COC(=O)CCCCCCC/C=C\CCCCCCCCC)COP(=O)(O)OCC(O)CO. The van der Waals surface area contributed by atoms with Crippen molar-refractivity contribution in [2.75, 3.05) is 26.4 Å². The fourth-order valence-electron chi connectivity index (χ4n) is 7.08. The first-order valence-corrected chi connectivity index (χ1v) is 26.9. The lowest BCUT2D eigenvalue weighted by Crippen LogP contribution is -2.29. The molecule has 3 unspecified atom stereocenters. The maximum absolute atomic E-state index is 12.7. The van der Waals surface area contributed by atoms with Gasteiger partial charge in [0.25, 0.3) is 0 Å². The van der Waals surface area contributed by atoms with Crippen LogP contribution in [0.15, 0.2) is 36.5 Å². The molecule has 0 saturated heterocycles. The van der Waals surface area contributed by atoms with Gasteiger partial charge in [0, 0.05) is 12.8 Å². The molecule has 0 amide bonds. The number of hydrogen-bond donors (Lipinski definition) is 3. The topological polar surface area (TPSA) is 149 Å². The van der Waals surface area contributed by atoms with E-state index in [1.807, 2.05) is 0 Å². The van der Waals surface area contributed by atoms with E-state index >= 15 is 0 Å². The Kier molecular flexibility index (Phi) is 45.8. The van der Waals surface area contributed by atoms with Crippen LogP contribution in [-0.2, 0) is 32.7 Å². The number of unbranched alkanes of at least 4 members (excludes halogenated alkanes) is 28. The molecule has 0 aliphatic heterocycles. The van der Waals surface area contributed by atoms with Crippen molar-refractivity contribution in [2.45, 2.75) is 251 Å². The van der Waals surface area contributed by atoms with Crippen LogP contribution in [0.2, 0.25) is 0 Å². The van der Waals surface area contributed by atoms with Gasteiger partial charge in [-0.3, -0.25) is 18.6 Å². The fourth-order valence-corrected chi connectivity index (χ4v) is 7.87. The van der Waals surface area contributed by atoms with E-state index in [4.69, 9.17) is 23.6 Å². The average Bonchev–Trinajstić information content (AvgIpc) is 3.26. The fraction of sp³-hybridized carbons (Fsp3) is 0.843. The van der Waals surface area contributed by atoms with E-state index in [-0.39, 0.29) is 19.4 Å². The van der Waals surface area contributed by atoms with Gasteiger partial charge >= 0.3 is 19.8 Å². The van der Waals surface area contributed by atoms with Gasteiger partial charge in [0.2, 0.25) is 0 Å². The van der Waals surface area contributed by atoms with Crippen molar-refractivity contribution in [3.05, 3.63) is 36.5 Å². The van der Waals surface area contributed by atoms with Gasteiger partial charge in [0.15, 0.2) is 6.10 Å². The summed E-state index contributed by atoms with van der Waals surface area (Å²) in [6, 6.07) is 0. The Morgan fingerprint density at radius 2 is 0.839 bits per heavy atom. The molecule has 3 atom stereocenters. The highest BCUT2D eigenvalue weighted by molar-refractivity contribution is 7.47. The number of carbonyl (C=O) groups excluding carboxylic acids is 2. The highest BCUT2D eigenvalue weighted by Gasteiger charge is 2.27. The van der Waals surface area contributed by atoms with Gasteiger partial charge in [-0.15, -0.1) is 0 Å². The van der Waals surface area contributed by atoms with Crippen LogP contribution in [-0.4, -0.2) is 65.7 Å². The summed E-state index contributed by atoms with van der Waals surface area (Å²) in [6.07, 6.45) is 51.1. The average molecular weight is 899 g/mol. The standard InChI is InChI=1S/C51H95O10P/c1-3-5-7-9-11-13-15-17-19-21-22-23-24-25-26-27-29-31-33-35-37-39-41-43-51(55)61-49(47-60-62(56,57)59-45-48(53)44-52)46-58-50(54)42-40-38-36-34-32-30-28-20-18-16-14-12-10-8-6-4-2/h15,17,20-22,28,48-49,52-53H,3-14,16,18-19,23-27,29-47H2,1-2H3,(H,56,57)/b17-15-,22-21-,28-20-. The van der Waals surface area contributed by atoms with Crippen molar-refractivity contribution in [1.82, 2.24) is 0 Å². The number of esters is 2. The second-order valence-electron chi connectivity index (χ2n) is 17.2. The van der Waals surface area contributed by atoms with Gasteiger partial charge < -0.3 is 24.6 Å². The smallest absolute Gasteiger partial charge is 0.462 e. The van der Waals surface area contributed by atoms with Gasteiger partial charge in [-0.1, -0.05) is 192 Å². The van der Waals surface area contributed by atoms with E-state index in [0.29, 0.717) is 12.8 Å². The number of carbonyl (C=O) groups is 2. The van der Waals surface area contributed by atoms with E-state index in [9.17, 15) is 24.2 Å². The quantitative estimate of drug-likeness (QED) is 0.0233. The monoisotopic (exact) mass is 899 g/mol. The maximum atomic E-state index is 12.7. The maximum Gasteiger partial charge on any atom is 0.472 e. The van der Waals surface area contributed by atoms with Crippen molar-refractivity contribution in [3.63, 3.8) is 0 Å². The predicted octanol–water partition coefficient (Wildman–Crippen LogP) is 14.3. The molecule has 0 aliphatic carbocycles. The molecule has 0 saturated carbocycles. The third-order valence-corrected chi connectivity index (χ3v) is 12.0. The Bertz CT molecular complexity index is 1130. The summed E-state index contributed by atoms with van der Waals surface area (Å²) in [6.45, 7) is 2.39. The van der Waals surface area contributed by atoms with Gasteiger partial charge in [-0.2, -0.15) is 0 Å². The third-order valence-electron chi connectivity index (χ3n) is 11.0. The van der Waals surface area contributed by atoms with Gasteiger partial charge in [-0.25, -0.2) is 4.57 Å². The van der Waals surface area contributed by atoms with Crippen LogP contribution in [0.4, 0.5) is 0 Å². The molecule has 11 heteroatoms. The molecule has 0 rings (SSSR count). The molecule has 0 aromatic heterocycles. The first kappa shape index (κ1) is 60.2. The predicted molar refractivity (Wildman–Crippen MR) is 256 cm³/mol. The zero-order chi connectivity index (χ0) is 45.5. The minimum absolute atomic E-state index is 0.181. The van der Waals surface area contributed by atoms with E-state index in [1.165, 1.54) is 141 Å². The Labute approximate surface area is 380 Å². The zero-order valence-corrected chi connectivity index (χ0v) is 40.7. The lowest BCUT2D eigenvalue weighted by atomic mass is 10.0. The summed E-state index contributed by atoms with van der Waals surface area (Å²) in [7, 11) is -4.62. The number of phosphoric ester groups is 1. The van der Waals surface area contributed by atoms with Crippen molar-refractivity contribution >= 4 is 19.8 Å². The van der Waals surface area contributed by atoms with Crippen LogP contribution in [0, 0.1) is 0 Å². The highest BCUT2D eigenvalue weighted by atomic mass is 31.2. The van der Waals surface area contributed by atoms with Crippen molar-refractivity contribution in [3.8, 4) is 0 Å². The second kappa shape index (κ2) is 47.2. The summed E-state index contributed by atoms with van der Waals surface area (Å²) >= 11 is 0. The summed E-state index contributed by atoms with van der Waals surface area (Å²) in [4.78, 5) is 35.1. The molecular formula is C51H95O10P. The van der Waals surface area contributed by atoms with E-state index < -0.39 is 51.8 Å². The van der Waals surface area contributed by atoms with Crippen LogP contribution >= 0.6 is 7.82 Å². The molecular weight excluding hydrogens is 804 g/mol. The van der Waals surface area contributed by atoms with Crippen LogP contribution in [0.3, 0.4) is 0 Å². The third kappa shape index (κ3) is 46.2. The zero-order valence-electron chi connectivity index (χ0n) is 39.8. The van der Waals surface area contributed by atoms with Gasteiger partial charge in [0.1, 0.15) is 12.7 Å². The molecule has 0 aliphatic rings. The number of hydrogen-bond acceptors (Lipinski definition) is 9. The number of rotatable bonds is 48. The molecule has 3 N–H and O–H groups in total. The molecule has 364 valence electrons. The van der Waals surface area contributed by atoms with Crippen LogP contribution in [0.25, 0.3) is 0 Å². The highest BCUT2D eigenvalue weighted by Crippen LogP contribution is 2.43. The summed E-state index contributed by atoms with van der Waals surface area (Å²) in [5.41, 5.74) is 0. The lowest BCUT2D eigenvalue weighted by Gasteiger charge is -2.20. The van der Waals surface area contributed by atoms with Crippen LogP contribution in [0.1, 0.15) is 239 Å². The minimum atomic E-state index is -4.62.